The van der Waals surface area contributed by atoms with Gasteiger partial charge in [-0.1, -0.05) is 0 Å². The molecule has 1 aliphatic rings. The Balaban J connectivity index is 1.79. The standard InChI is InChI=1S/C12H16N2O5/c1-7-2-3-8(19-7)4-13-12(17)14-10-6-18-5-9(10)11(15)16/h2-3,9-10H,4-6H2,1H3,(H,15,16)(H2,13,14,17). The Bertz CT molecular complexity index is 470. The molecule has 0 bridgehead atoms. The molecule has 2 heterocycles. The quantitative estimate of drug-likeness (QED) is 0.737. The summed E-state index contributed by atoms with van der Waals surface area (Å²) in [6.07, 6.45) is 0. The van der Waals surface area contributed by atoms with Crippen molar-refractivity contribution in [3.05, 3.63) is 23.7 Å². The normalized spacial score (nSPS) is 22.2. The van der Waals surface area contributed by atoms with Gasteiger partial charge < -0.3 is 24.9 Å². The number of ether oxygens (including phenoxy) is 1. The Morgan fingerprint density at radius 1 is 1.42 bits per heavy atom. The second-order valence-electron chi connectivity index (χ2n) is 4.43. The number of nitrogens with one attached hydrogen (secondary N) is 2. The van der Waals surface area contributed by atoms with Crippen LogP contribution in [-0.4, -0.2) is 36.4 Å². The highest BCUT2D eigenvalue weighted by molar-refractivity contribution is 5.77. The molecule has 0 aromatic carbocycles. The number of rotatable bonds is 4. The predicted octanol–water partition coefficient (Wildman–Crippen LogP) is 0.487. The highest BCUT2D eigenvalue weighted by atomic mass is 16.5. The number of carboxylic acids is 1. The average Bonchev–Trinajstić information content (AvgIpc) is 2.95. The van der Waals surface area contributed by atoms with E-state index in [1.54, 1.807) is 12.1 Å². The SMILES string of the molecule is Cc1ccc(CNC(=O)NC2COCC2C(=O)O)o1. The Morgan fingerprint density at radius 3 is 2.84 bits per heavy atom. The summed E-state index contributed by atoms with van der Waals surface area (Å²) in [5.74, 6) is -0.251. The van der Waals surface area contributed by atoms with E-state index in [0.717, 1.165) is 5.76 Å². The fraction of sp³-hybridized carbons (Fsp3) is 0.500. The fourth-order valence-corrected chi connectivity index (χ4v) is 1.91. The van der Waals surface area contributed by atoms with Crippen LogP contribution >= 0.6 is 0 Å². The molecule has 2 unspecified atom stereocenters. The molecule has 1 aromatic heterocycles. The minimum absolute atomic E-state index is 0.123. The molecule has 7 nitrogen and oxygen atoms in total. The third-order valence-corrected chi connectivity index (χ3v) is 2.93. The maximum atomic E-state index is 11.6. The minimum Gasteiger partial charge on any atom is -0.481 e. The maximum Gasteiger partial charge on any atom is 0.315 e. The molecule has 0 radical (unpaired) electrons. The van der Waals surface area contributed by atoms with Crippen molar-refractivity contribution in [3.63, 3.8) is 0 Å². The predicted molar refractivity (Wildman–Crippen MR) is 64.5 cm³/mol. The molecule has 19 heavy (non-hydrogen) atoms. The molecule has 2 atom stereocenters. The molecule has 0 saturated carbocycles. The first kappa shape index (κ1) is 13.4. The Morgan fingerprint density at radius 2 is 2.21 bits per heavy atom. The number of hydrogen-bond donors (Lipinski definition) is 3. The topological polar surface area (TPSA) is 101 Å². The van der Waals surface area contributed by atoms with Crippen LogP contribution in [-0.2, 0) is 16.1 Å². The summed E-state index contributed by atoms with van der Waals surface area (Å²) in [6, 6.07) is 2.64. The van der Waals surface area contributed by atoms with Gasteiger partial charge in [0.15, 0.2) is 0 Å². The molecular weight excluding hydrogens is 252 g/mol. The van der Waals surface area contributed by atoms with Gasteiger partial charge in [0.25, 0.3) is 0 Å². The number of amides is 2. The van der Waals surface area contributed by atoms with Crippen LogP contribution in [0.4, 0.5) is 4.79 Å². The zero-order valence-electron chi connectivity index (χ0n) is 10.5. The summed E-state index contributed by atoms with van der Waals surface area (Å²) in [5, 5.41) is 14.1. The van der Waals surface area contributed by atoms with Gasteiger partial charge in [-0.2, -0.15) is 0 Å². The molecule has 2 amide bonds. The second-order valence-corrected chi connectivity index (χ2v) is 4.43. The van der Waals surface area contributed by atoms with E-state index in [9.17, 15) is 9.59 Å². The third-order valence-electron chi connectivity index (χ3n) is 2.93. The van der Waals surface area contributed by atoms with Gasteiger partial charge in [-0.05, 0) is 19.1 Å². The van der Waals surface area contributed by atoms with E-state index in [1.807, 2.05) is 6.92 Å². The zero-order valence-corrected chi connectivity index (χ0v) is 10.5. The van der Waals surface area contributed by atoms with Crippen LogP contribution in [0.15, 0.2) is 16.5 Å². The second kappa shape index (κ2) is 5.75. The number of aryl methyl sites for hydroxylation is 1. The van der Waals surface area contributed by atoms with Gasteiger partial charge in [-0.15, -0.1) is 0 Å². The molecule has 104 valence electrons. The van der Waals surface area contributed by atoms with Gasteiger partial charge in [0.2, 0.25) is 0 Å². The molecule has 1 saturated heterocycles. The number of carbonyl (C=O) groups is 2. The Kier molecular flexibility index (Phi) is 4.06. The van der Waals surface area contributed by atoms with Crippen LogP contribution in [0, 0.1) is 12.8 Å². The maximum absolute atomic E-state index is 11.6. The third kappa shape index (κ3) is 3.47. The van der Waals surface area contributed by atoms with Crippen LogP contribution in [0.5, 0.6) is 0 Å². The van der Waals surface area contributed by atoms with Crippen molar-refractivity contribution < 1.29 is 23.8 Å². The molecule has 2 rings (SSSR count). The molecule has 3 N–H and O–H groups in total. The zero-order chi connectivity index (χ0) is 13.8. The number of carboxylic acid groups (broad SMARTS) is 1. The number of furan rings is 1. The molecule has 7 heteroatoms. The molecule has 1 fully saturated rings. The van der Waals surface area contributed by atoms with E-state index in [4.69, 9.17) is 14.3 Å². The van der Waals surface area contributed by atoms with Crippen molar-refractivity contribution in [2.24, 2.45) is 5.92 Å². The summed E-state index contributed by atoms with van der Waals surface area (Å²) in [5.41, 5.74) is 0. The lowest BCUT2D eigenvalue weighted by Gasteiger charge is -2.15. The molecular formula is C12H16N2O5. The lowest BCUT2D eigenvalue weighted by atomic mass is 10.0. The summed E-state index contributed by atoms with van der Waals surface area (Å²) >= 11 is 0. The summed E-state index contributed by atoms with van der Waals surface area (Å²) < 4.78 is 10.4. The van der Waals surface area contributed by atoms with Gasteiger partial charge in [-0.3, -0.25) is 4.79 Å². The van der Waals surface area contributed by atoms with E-state index in [1.165, 1.54) is 0 Å². The van der Waals surface area contributed by atoms with E-state index < -0.39 is 24.0 Å². The number of carbonyl (C=O) groups excluding carboxylic acids is 1. The Labute approximate surface area is 109 Å². The van der Waals surface area contributed by atoms with Crippen molar-refractivity contribution in [1.82, 2.24) is 10.6 Å². The molecule has 1 aliphatic heterocycles. The minimum atomic E-state index is -0.968. The molecule has 1 aromatic rings. The van der Waals surface area contributed by atoms with Crippen LogP contribution in [0.2, 0.25) is 0 Å². The Hall–Kier alpha value is -2.02. The van der Waals surface area contributed by atoms with Gasteiger partial charge >= 0.3 is 12.0 Å². The van der Waals surface area contributed by atoms with Crippen molar-refractivity contribution in [1.29, 1.82) is 0 Å². The molecule has 0 aliphatic carbocycles. The van der Waals surface area contributed by atoms with Crippen molar-refractivity contribution >= 4 is 12.0 Å². The van der Waals surface area contributed by atoms with Gasteiger partial charge in [0, 0.05) is 0 Å². The first-order valence-electron chi connectivity index (χ1n) is 5.96. The number of aliphatic carboxylic acids is 1. The van der Waals surface area contributed by atoms with E-state index in [0.29, 0.717) is 5.76 Å². The highest BCUT2D eigenvalue weighted by Gasteiger charge is 2.34. The summed E-state index contributed by atoms with van der Waals surface area (Å²) in [6.45, 7) is 2.41. The molecule has 0 spiro atoms. The number of hydrogen-bond acceptors (Lipinski definition) is 4. The van der Waals surface area contributed by atoms with Gasteiger partial charge in [0.1, 0.15) is 17.4 Å². The van der Waals surface area contributed by atoms with Crippen LogP contribution < -0.4 is 10.6 Å². The highest BCUT2D eigenvalue weighted by Crippen LogP contribution is 2.13. The first-order valence-corrected chi connectivity index (χ1v) is 5.96. The fourth-order valence-electron chi connectivity index (χ4n) is 1.91. The smallest absolute Gasteiger partial charge is 0.315 e. The average molecular weight is 268 g/mol. The largest absolute Gasteiger partial charge is 0.481 e. The van der Waals surface area contributed by atoms with Gasteiger partial charge in [0.05, 0.1) is 25.8 Å². The van der Waals surface area contributed by atoms with E-state index in [-0.39, 0.29) is 19.8 Å². The van der Waals surface area contributed by atoms with E-state index >= 15 is 0 Å². The van der Waals surface area contributed by atoms with Crippen LogP contribution in [0.3, 0.4) is 0 Å². The lowest BCUT2D eigenvalue weighted by Crippen LogP contribution is -2.46. The number of urea groups is 1. The van der Waals surface area contributed by atoms with Crippen molar-refractivity contribution in [2.75, 3.05) is 13.2 Å². The first-order chi connectivity index (χ1) is 9.06. The lowest BCUT2D eigenvalue weighted by molar-refractivity contribution is -0.142. The summed E-state index contributed by atoms with van der Waals surface area (Å²) in [4.78, 5) is 22.5. The van der Waals surface area contributed by atoms with Crippen LogP contribution in [0.25, 0.3) is 0 Å². The summed E-state index contributed by atoms with van der Waals surface area (Å²) in [7, 11) is 0. The van der Waals surface area contributed by atoms with Crippen molar-refractivity contribution in [2.45, 2.75) is 19.5 Å². The van der Waals surface area contributed by atoms with Crippen LogP contribution in [0.1, 0.15) is 11.5 Å². The van der Waals surface area contributed by atoms with E-state index in [2.05, 4.69) is 10.6 Å². The van der Waals surface area contributed by atoms with Crippen molar-refractivity contribution in [3.8, 4) is 0 Å². The monoisotopic (exact) mass is 268 g/mol. The van der Waals surface area contributed by atoms with Gasteiger partial charge in [-0.25, -0.2) is 4.79 Å².